The van der Waals surface area contributed by atoms with Crippen molar-refractivity contribution in [1.82, 2.24) is 10.2 Å². The fraction of sp³-hybridized carbons (Fsp3) is 0.400. The number of halogens is 3. The first-order valence-corrected chi connectivity index (χ1v) is 8.61. The molecule has 146 valence electrons. The number of nitrogens with one attached hydrogen (secondary N) is 2. The fourth-order valence-electron chi connectivity index (χ4n) is 2.50. The second-order valence-corrected chi connectivity index (χ2v) is 6.76. The lowest BCUT2D eigenvalue weighted by Gasteiger charge is -2.10. The summed E-state index contributed by atoms with van der Waals surface area (Å²) in [5.74, 6) is 0. The summed E-state index contributed by atoms with van der Waals surface area (Å²) >= 11 is 0.999. The van der Waals surface area contributed by atoms with Crippen LogP contribution < -0.4 is 10.6 Å². The molecule has 2 heterocycles. The fourth-order valence-corrected chi connectivity index (χ4v) is 3.29. The summed E-state index contributed by atoms with van der Waals surface area (Å²) in [5.41, 5.74) is -0.908. The topological polar surface area (TPSA) is 117 Å². The van der Waals surface area contributed by atoms with E-state index in [1.165, 1.54) is 12.1 Å². The molecule has 27 heavy (non-hydrogen) atoms. The zero-order valence-electron chi connectivity index (χ0n) is 13.6. The normalized spacial score (nSPS) is 22.6. The van der Waals surface area contributed by atoms with E-state index in [0.29, 0.717) is 5.01 Å². The highest BCUT2D eigenvalue weighted by atomic mass is 32.1. The van der Waals surface area contributed by atoms with Crippen LogP contribution in [0.25, 0.3) is 0 Å². The lowest BCUT2D eigenvalue weighted by Crippen LogP contribution is -2.24. The zero-order chi connectivity index (χ0) is 19.6. The molecule has 12 heteroatoms. The van der Waals surface area contributed by atoms with Gasteiger partial charge in [0.15, 0.2) is 0 Å². The molecular weight excluding hydrogens is 389 g/mol. The summed E-state index contributed by atoms with van der Waals surface area (Å²) in [6, 6.07) is 3.44. The minimum atomic E-state index is -4.51. The van der Waals surface area contributed by atoms with Crippen LogP contribution in [0.2, 0.25) is 0 Å². The zero-order valence-corrected chi connectivity index (χ0v) is 14.4. The number of ether oxygens (including phenoxy) is 1. The number of benzene rings is 1. The number of carbonyl (C=O) groups is 1. The quantitative estimate of drug-likeness (QED) is 0.622. The summed E-state index contributed by atoms with van der Waals surface area (Å²) in [5, 5.41) is 31.6. The highest BCUT2D eigenvalue weighted by Gasteiger charge is 2.36. The lowest BCUT2D eigenvalue weighted by molar-refractivity contribution is -0.137. The molecule has 1 saturated heterocycles. The number of alkyl halides is 3. The summed E-state index contributed by atoms with van der Waals surface area (Å²) in [6.07, 6.45) is -6.38. The molecule has 3 atom stereocenters. The molecule has 3 rings (SSSR count). The Bertz CT molecular complexity index is 816. The Kier molecular flexibility index (Phi) is 5.60. The predicted molar refractivity (Wildman–Crippen MR) is 89.3 cm³/mol. The Morgan fingerprint density at radius 3 is 2.78 bits per heavy atom. The largest absolute Gasteiger partial charge is 0.416 e. The van der Waals surface area contributed by atoms with E-state index in [9.17, 15) is 23.1 Å². The number of amides is 2. The van der Waals surface area contributed by atoms with Crippen molar-refractivity contribution in [3.8, 4) is 0 Å². The van der Waals surface area contributed by atoms with Gasteiger partial charge in [-0.15, -0.1) is 10.2 Å². The maximum Gasteiger partial charge on any atom is 0.416 e. The van der Waals surface area contributed by atoms with E-state index >= 15 is 0 Å². The Morgan fingerprint density at radius 2 is 2.11 bits per heavy atom. The number of aliphatic hydroxyl groups is 2. The van der Waals surface area contributed by atoms with Gasteiger partial charge in [0.2, 0.25) is 5.13 Å². The van der Waals surface area contributed by atoms with Crippen LogP contribution in [-0.4, -0.2) is 45.3 Å². The second-order valence-electron chi connectivity index (χ2n) is 5.75. The van der Waals surface area contributed by atoms with Crippen LogP contribution in [0.5, 0.6) is 0 Å². The molecule has 0 spiro atoms. The van der Waals surface area contributed by atoms with Gasteiger partial charge in [0, 0.05) is 12.1 Å². The Hall–Kier alpha value is -2.28. The SMILES string of the molecule is O=C(Nc1cccc(C(F)(F)F)c1)Nc1nnc([C@H]2C[C@H](O)[C@@H](CO)O2)s1. The van der Waals surface area contributed by atoms with Gasteiger partial charge in [-0.05, 0) is 18.2 Å². The van der Waals surface area contributed by atoms with Crippen molar-refractivity contribution in [3.63, 3.8) is 0 Å². The molecule has 2 aromatic rings. The third-order valence-electron chi connectivity index (χ3n) is 3.79. The number of aromatic nitrogens is 2. The summed E-state index contributed by atoms with van der Waals surface area (Å²) < 4.78 is 43.5. The molecular formula is C15H15F3N4O4S. The monoisotopic (exact) mass is 404 g/mol. The van der Waals surface area contributed by atoms with Gasteiger partial charge in [-0.1, -0.05) is 17.4 Å². The molecule has 1 fully saturated rings. The smallest absolute Gasteiger partial charge is 0.394 e. The number of aliphatic hydroxyl groups excluding tert-OH is 2. The van der Waals surface area contributed by atoms with Gasteiger partial charge in [0.1, 0.15) is 17.2 Å². The van der Waals surface area contributed by atoms with Crippen LogP contribution >= 0.6 is 11.3 Å². The minimum absolute atomic E-state index is 0.0277. The maximum atomic E-state index is 12.7. The average Bonchev–Trinajstić information content (AvgIpc) is 3.20. The van der Waals surface area contributed by atoms with E-state index in [2.05, 4.69) is 20.8 Å². The molecule has 0 unspecified atom stereocenters. The van der Waals surface area contributed by atoms with Gasteiger partial charge < -0.3 is 20.3 Å². The molecule has 8 nitrogen and oxygen atoms in total. The van der Waals surface area contributed by atoms with Crippen LogP contribution in [0.4, 0.5) is 28.8 Å². The first-order chi connectivity index (χ1) is 12.8. The highest BCUT2D eigenvalue weighted by Crippen LogP contribution is 2.35. The van der Waals surface area contributed by atoms with Crippen molar-refractivity contribution in [2.45, 2.75) is 30.9 Å². The molecule has 1 aromatic carbocycles. The van der Waals surface area contributed by atoms with Gasteiger partial charge in [0.05, 0.1) is 18.3 Å². The Morgan fingerprint density at radius 1 is 1.33 bits per heavy atom. The molecule has 1 aliphatic heterocycles. The molecule has 1 aromatic heterocycles. The predicted octanol–water partition coefficient (Wildman–Crippen LogP) is 2.38. The van der Waals surface area contributed by atoms with Crippen molar-refractivity contribution >= 4 is 28.2 Å². The number of urea groups is 1. The van der Waals surface area contributed by atoms with Gasteiger partial charge in [0.25, 0.3) is 0 Å². The lowest BCUT2D eigenvalue weighted by atomic mass is 10.1. The Balaban J connectivity index is 1.60. The number of hydrogen-bond acceptors (Lipinski definition) is 7. The van der Waals surface area contributed by atoms with Gasteiger partial charge in [-0.3, -0.25) is 5.32 Å². The molecule has 4 N–H and O–H groups in total. The van der Waals surface area contributed by atoms with Crippen LogP contribution in [0.15, 0.2) is 24.3 Å². The van der Waals surface area contributed by atoms with Gasteiger partial charge >= 0.3 is 12.2 Å². The van der Waals surface area contributed by atoms with E-state index in [0.717, 1.165) is 23.5 Å². The van der Waals surface area contributed by atoms with E-state index in [1.54, 1.807) is 0 Å². The second kappa shape index (κ2) is 7.76. The van der Waals surface area contributed by atoms with Crippen molar-refractivity contribution in [2.75, 3.05) is 17.2 Å². The molecule has 2 amide bonds. The molecule has 0 radical (unpaired) electrons. The average molecular weight is 404 g/mol. The van der Waals surface area contributed by atoms with Crippen molar-refractivity contribution in [2.24, 2.45) is 0 Å². The standard InChI is InChI=1S/C15H15F3N4O4S/c16-15(17,18)7-2-1-3-8(4-7)19-13(25)20-14-22-21-12(27-14)10-5-9(24)11(6-23)26-10/h1-4,9-11,23-24H,5-6H2,(H2,19,20,22,25)/t9-,10+,11+/m0/s1. The van der Waals surface area contributed by atoms with E-state index in [1.807, 2.05) is 0 Å². The summed E-state index contributed by atoms with van der Waals surface area (Å²) in [4.78, 5) is 12.0. The number of rotatable bonds is 4. The molecule has 0 aliphatic carbocycles. The molecule has 1 aliphatic rings. The van der Waals surface area contributed by atoms with E-state index in [4.69, 9.17) is 9.84 Å². The molecule has 0 bridgehead atoms. The van der Waals surface area contributed by atoms with Crippen molar-refractivity contribution < 1.29 is 32.9 Å². The number of hydrogen-bond donors (Lipinski definition) is 4. The Labute approximate surface area is 155 Å². The van der Waals surface area contributed by atoms with E-state index < -0.39 is 36.1 Å². The minimum Gasteiger partial charge on any atom is -0.394 e. The van der Waals surface area contributed by atoms with Gasteiger partial charge in [-0.2, -0.15) is 13.2 Å². The number of anilines is 2. The maximum absolute atomic E-state index is 12.7. The molecule has 0 saturated carbocycles. The van der Waals surface area contributed by atoms with Crippen molar-refractivity contribution in [1.29, 1.82) is 0 Å². The van der Waals surface area contributed by atoms with Crippen LogP contribution in [0.3, 0.4) is 0 Å². The van der Waals surface area contributed by atoms with E-state index in [-0.39, 0.29) is 23.8 Å². The van der Waals surface area contributed by atoms with Crippen LogP contribution in [-0.2, 0) is 10.9 Å². The highest BCUT2D eigenvalue weighted by molar-refractivity contribution is 7.15. The number of nitrogens with zero attached hydrogens (tertiary/aromatic N) is 2. The van der Waals surface area contributed by atoms with Crippen molar-refractivity contribution in [3.05, 3.63) is 34.8 Å². The van der Waals surface area contributed by atoms with Crippen LogP contribution in [0, 0.1) is 0 Å². The van der Waals surface area contributed by atoms with Crippen LogP contribution in [0.1, 0.15) is 23.1 Å². The van der Waals surface area contributed by atoms with Gasteiger partial charge in [-0.25, -0.2) is 4.79 Å². The summed E-state index contributed by atoms with van der Waals surface area (Å²) in [6.45, 7) is -0.332. The first kappa shape index (κ1) is 19.5. The summed E-state index contributed by atoms with van der Waals surface area (Å²) in [7, 11) is 0. The first-order valence-electron chi connectivity index (χ1n) is 7.79. The number of carbonyl (C=O) groups excluding carboxylic acids is 1. The third kappa shape index (κ3) is 4.71. The third-order valence-corrected chi connectivity index (χ3v) is 4.72.